The smallest absolute Gasteiger partial charge is 0.110 e. The highest BCUT2D eigenvalue weighted by atomic mass is 35.5. The maximum atomic E-state index is 6.24. The summed E-state index contributed by atoms with van der Waals surface area (Å²) in [5, 5.41) is 7.85. The van der Waals surface area contributed by atoms with Crippen LogP contribution in [-0.4, -0.2) is 4.98 Å². The van der Waals surface area contributed by atoms with Crippen molar-refractivity contribution in [3.8, 4) is 0 Å². The van der Waals surface area contributed by atoms with Gasteiger partial charge in [0.25, 0.3) is 0 Å². The molecule has 19 heavy (non-hydrogen) atoms. The first kappa shape index (κ1) is 14.8. The van der Waals surface area contributed by atoms with Gasteiger partial charge in [-0.15, -0.1) is 11.3 Å². The van der Waals surface area contributed by atoms with Crippen LogP contribution in [0.25, 0.3) is 0 Å². The van der Waals surface area contributed by atoms with Crippen molar-refractivity contribution in [1.82, 2.24) is 10.3 Å². The number of halogens is 2. The fourth-order valence-corrected chi connectivity index (χ4v) is 3.25. The number of benzene rings is 1. The number of nitrogens with one attached hydrogen (secondary N) is 1. The van der Waals surface area contributed by atoms with Crippen molar-refractivity contribution < 1.29 is 0 Å². The first-order valence-corrected chi connectivity index (χ1v) is 7.74. The van der Waals surface area contributed by atoms with Crippen LogP contribution in [-0.2, 0) is 0 Å². The largest absolute Gasteiger partial charge is 0.301 e. The number of aryl methyl sites for hydroxylation is 1. The van der Waals surface area contributed by atoms with Crippen molar-refractivity contribution in [3.05, 3.63) is 49.9 Å². The minimum absolute atomic E-state index is 0.116. The number of rotatable bonds is 4. The third-order valence-corrected chi connectivity index (χ3v) is 4.93. The lowest BCUT2D eigenvalue weighted by Gasteiger charge is -2.20. The molecular weight excluding hydrogens is 299 g/mol. The maximum Gasteiger partial charge on any atom is 0.110 e. The van der Waals surface area contributed by atoms with Gasteiger partial charge in [0.15, 0.2) is 0 Å². The summed E-state index contributed by atoms with van der Waals surface area (Å²) in [5.74, 6) is 0. The van der Waals surface area contributed by atoms with E-state index in [4.69, 9.17) is 23.2 Å². The van der Waals surface area contributed by atoms with E-state index < -0.39 is 0 Å². The van der Waals surface area contributed by atoms with E-state index in [1.54, 1.807) is 17.4 Å². The molecule has 0 radical (unpaired) electrons. The Bertz CT molecular complexity index is 568. The number of aromatic nitrogens is 1. The Kier molecular flexibility index (Phi) is 4.85. The predicted octanol–water partition coefficient (Wildman–Crippen LogP) is 5.17. The summed E-state index contributed by atoms with van der Waals surface area (Å²) in [6.07, 6.45) is 0. The molecule has 1 heterocycles. The second-order valence-corrected chi connectivity index (χ2v) is 6.26. The first-order valence-electron chi connectivity index (χ1n) is 6.11. The molecule has 2 unspecified atom stereocenters. The second kappa shape index (κ2) is 6.23. The molecule has 0 fully saturated rings. The summed E-state index contributed by atoms with van der Waals surface area (Å²) in [6, 6.07) is 6.01. The third-order valence-electron chi connectivity index (χ3n) is 2.96. The van der Waals surface area contributed by atoms with Gasteiger partial charge in [-0.1, -0.05) is 35.3 Å². The Hall–Kier alpha value is -0.610. The molecule has 1 aromatic carbocycles. The van der Waals surface area contributed by atoms with E-state index in [1.807, 2.05) is 19.1 Å². The van der Waals surface area contributed by atoms with Crippen LogP contribution in [0.1, 0.15) is 42.2 Å². The van der Waals surface area contributed by atoms with Gasteiger partial charge >= 0.3 is 0 Å². The number of hydrogen-bond donors (Lipinski definition) is 1. The molecule has 1 N–H and O–H groups in total. The van der Waals surface area contributed by atoms with Gasteiger partial charge in [0.2, 0.25) is 0 Å². The molecule has 2 aromatic rings. The molecule has 2 rings (SSSR count). The molecule has 0 aliphatic carbocycles. The van der Waals surface area contributed by atoms with E-state index in [9.17, 15) is 0 Å². The average Bonchev–Trinajstić information content (AvgIpc) is 2.79. The van der Waals surface area contributed by atoms with E-state index in [-0.39, 0.29) is 12.1 Å². The summed E-state index contributed by atoms with van der Waals surface area (Å²) in [5.41, 5.74) is 2.07. The summed E-state index contributed by atoms with van der Waals surface area (Å²) >= 11 is 14.0. The standard InChI is InChI=1S/C14H16Cl2N2S/c1-8-7-19-14(17-8)10(3)18-9(2)11-5-4-6-12(15)13(11)16/h4-7,9-10,18H,1-3H3. The highest BCUT2D eigenvalue weighted by Crippen LogP contribution is 2.31. The van der Waals surface area contributed by atoms with Gasteiger partial charge in [0.05, 0.1) is 16.1 Å². The van der Waals surface area contributed by atoms with Gasteiger partial charge < -0.3 is 5.32 Å². The van der Waals surface area contributed by atoms with Crippen LogP contribution in [0.3, 0.4) is 0 Å². The summed E-state index contributed by atoms with van der Waals surface area (Å²) < 4.78 is 0. The topological polar surface area (TPSA) is 24.9 Å². The molecule has 0 bridgehead atoms. The van der Waals surface area contributed by atoms with Crippen LogP contribution >= 0.6 is 34.5 Å². The van der Waals surface area contributed by atoms with Crippen molar-refractivity contribution in [2.45, 2.75) is 32.9 Å². The lowest BCUT2D eigenvalue weighted by molar-refractivity contribution is 0.493. The first-order chi connectivity index (χ1) is 8.99. The Morgan fingerprint density at radius 2 is 1.95 bits per heavy atom. The molecule has 0 aliphatic rings. The molecule has 0 amide bonds. The van der Waals surface area contributed by atoms with Crippen molar-refractivity contribution in [2.75, 3.05) is 0 Å². The molecule has 102 valence electrons. The van der Waals surface area contributed by atoms with Gasteiger partial charge in [-0.2, -0.15) is 0 Å². The number of nitrogens with zero attached hydrogens (tertiary/aromatic N) is 1. The highest BCUT2D eigenvalue weighted by Gasteiger charge is 2.16. The van der Waals surface area contributed by atoms with Crippen LogP contribution in [0.15, 0.2) is 23.6 Å². The van der Waals surface area contributed by atoms with E-state index in [2.05, 4.69) is 29.5 Å². The van der Waals surface area contributed by atoms with E-state index in [0.717, 1.165) is 16.3 Å². The zero-order chi connectivity index (χ0) is 14.0. The molecule has 0 aliphatic heterocycles. The van der Waals surface area contributed by atoms with Crippen LogP contribution in [0.5, 0.6) is 0 Å². The van der Waals surface area contributed by atoms with Gasteiger partial charge in [-0.3, -0.25) is 0 Å². The average molecular weight is 315 g/mol. The van der Waals surface area contributed by atoms with Crippen molar-refractivity contribution in [3.63, 3.8) is 0 Å². The fourth-order valence-electron chi connectivity index (χ4n) is 1.96. The monoisotopic (exact) mass is 314 g/mol. The number of hydrogen-bond acceptors (Lipinski definition) is 3. The summed E-state index contributed by atoms with van der Waals surface area (Å²) in [4.78, 5) is 4.49. The molecular formula is C14H16Cl2N2S. The van der Waals surface area contributed by atoms with Gasteiger partial charge in [-0.25, -0.2) is 4.98 Å². The number of thiazole rings is 1. The van der Waals surface area contributed by atoms with Crippen LogP contribution in [0, 0.1) is 6.92 Å². The summed E-state index contributed by atoms with van der Waals surface area (Å²) in [7, 11) is 0. The Labute approximate surface area is 127 Å². The zero-order valence-electron chi connectivity index (χ0n) is 11.1. The molecule has 1 aromatic heterocycles. The van der Waals surface area contributed by atoms with Crippen molar-refractivity contribution in [1.29, 1.82) is 0 Å². The summed E-state index contributed by atoms with van der Waals surface area (Å²) in [6.45, 7) is 6.19. The van der Waals surface area contributed by atoms with Crippen molar-refractivity contribution >= 4 is 34.5 Å². The maximum absolute atomic E-state index is 6.24. The minimum atomic E-state index is 0.116. The molecule has 0 saturated carbocycles. The Morgan fingerprint density at radius 3 is 2.58 bits per heavy atom. The van der Waals surface area contributed by atoms with Crippen LogP contribution < -0.4 is 5.32 Å². The minimum Gasteiger partial charge on any atom is -0.301 e. The molecule has 2 atom stereocenters. The SMILES string of the molecule is Cc1csc(C(C)NC(C)c2cccc(Cl)c2Cl)n1. The fraction of sp³-hybridized carbons (Fsp3) is 0.357. The van der Waals surface area contributed by atoms with Crippen LogP contribution in [0.2, 0.25) is 10.0 Å². The zero-order valence-corrected chi connectivity index (χ0v) is 13.4. The Morgan fingerprint density at radius 1 is 1.21 bits per heavy atom. The van der Waals surface area contributed by atoms with E-state index >= 15 is 0 Å². The Balaban J connectivity index is 2.12. The van der Waals surface area contributed by atoms with Crippen molar-refractivity contribution in [2.24, 2.45) is 0 Å². The molecule has 2 nitrogen and oxygen atoms in total. The lowest BCUT2D eigenvalue weighted by atomic mass is 10.1. The quantitative estimate of drug-likeness (QED) is 0.842. The lowest BCUT2D eigenvalue weighted by Crippen LogP contribution is -2.22. The van der Waals surface area contributed by atoms with Gasteiger partial charge in [0, 0.05) is 17.1 Å². The van der Waals surface area contributed by atoms with Gasteiger partial charge in [0.1, 0.15) is 5.01 Å². The van der Waals surface area contributed by atoms with Gasteiger partial charge in [-0.05, 0) is 32.4 Å². The predicted molar refractivity (Wildman–Crippen MR) is 83.3 cm³/mol. The molecule has 0 saturated heterocycles. The normalized spacial score (nSPS) is 14.4. The molecule has 0 spiro atoms. The van der Waals surface area contributed by atoms with E-state index in [0.29, 0.717) is 10.0 Å². The second-order valence-electron chi connectivity index (χ2n) is 4.58. The third kappa shape index (κ3) is 3.48. The highest BCUT2D eigenvalue weighted by molar-refractivity contribution is 7.09. The van der Waals surface area contributed by atoms with E-state index in [1.165, 1.54) is 0 Å². The van der Waals surface area contributed by atoms with Crippen LogP contribution in [0.4, 0.5) is 0 Å². The molecule has 5 heteroatoms.